The largest absolute Gasteiger partial charge is 0.309 e. The van der Waals surface area contributed by atoms with Gasteiger partial charge in [0.25, 0.3) is 0 Å². The van der Waals surface area contributed by atoms with E-state index in [9.17, 15) is 0 Å². The van der Waals surface area contributed by atoms with Crippen molar-refractivity contribution in [3.63, 3.8) is 0 Å². The second kappa shape index (κ2) is 76.3. The summed E-state index contributed by atoms with van der Waals surface area (Å²) in [6.45, 7) is 46.7. The molecule has 0 N–H and O–H groups in total. The van der Waals surface area contributed by atoms with Crippen LogP contribution < -0.4 is 0 Å². The summed E-state index contributed by atoms with van der Waals surface area (Å²) < 4.78 is 0. The number of unbranched alkanes of at least 4 members (excludes halogenated alkanes) is 25. The smallest absolute Gasteiger partial charge is 0.00187 e. The fourth-order valence-electron chi connectivity index (χ4n) is 9.04. The highest BCUT2D eigenvalue weighted by molar-refractivity contribution is 4.62. The third-order valence-corrected chi connectivity index (χ3v) is 13.8. The molecule has 5 heteroatoms. The summed E-state index contributed by atoms with van der Waals surface area (Å²) in [7, 11) is 4.31. The molecule has 0 spiro atoms. The zero-order valence-corrected chi connectivity index (χ0v) is 53.3. The topological polar surface area (TPSA) is 16.2 Å². The zero-order valence-electron chi connectivity index (χ0n) is 53.3. The Kier molecular flexibility index (Phi) is 85.6. The molecule has 0 aliphatic heterocycles. The van der Waals surface area contributed by atoms with E-state index in [-0.39, 0.29) is 0 Å². The van der Waals surface area contributed by atoms with Gasteiger partial charge in [0.2, 0.25) is 0 Å². The van der Waals surface area contributed by atoms with Crippen molar-refractivity contribution < 1.29 is 0 Å². The molecule has 0 fully saturated rings. The van der Waals surface area contributed by atoms with Gasteiger partial charge < -0.3 is 24.5 Å². The lowest BCUT2D eigenvalue weighted by atomic mass is 10.1. The number of nitrogens with zero attached hydrogens (tertiary/aromatic N) is 5. The molecule has 0 unspecified atom stereocenters. The Balaban J connectivity index is -0.000000260. The third kappa shape index (κ3) is 78.8. The first-order valence-electron chi connectivity index (χ1n) is 33.2. The maximum atomic E-state index is 2.74. The summed E-state index contributed by atoms with van der Waals surface area (Å²) in [6, 6.07) is 0. The number of hydrogen-bond donors (Lipinski definition) is 0. The monoisotopic (exact) mass is 1010 g/mol. The molecule has 0 aromatic rings. The normalized spacial score (nSPS) is 11.2. The fourth-order valence-corrected chi connectivity index (χ4v) is 9.04. The Bertz CT molecular complexity index is 736. The molecular weight excluding hydrogens is 863 g/mol. The molecule has 71 heavy (non-hydrogen) atoms. The highest BCUT2D eigenvalue weighted by atomic mass is 15.1. The molecule has 0 aliphatic carbocycles. The van der Waals surface area contributed by atoms with Crippen molar-refractivity contribution in [2.24, 2.45) is 0 Å². The highest BCUT2D eigenvalue weighted by Crippen LogP contribution is 2.10. The Morgan fingerprint density at radius 3 is 0.521 bits per heavy atom. The van der Waals surface area contributed by atoms with Crippen LogP contribution >= 0.6 is 0 Å². The van der Waals surface area contributed by atoms with E-state index in [0.717, 1.165) is 0 Å². The Morgan fingerprint density at radius 2 is 0.296 bits per heavy atom. The first-order valence-corrected chi connectivity index (χ1v) is 33.2. The Morgan fingerprint density at radius 1 is 0.141 bits per heavy atom. The SMILES string of the molecule is CCCCCCCCCCN(C)C.CCCCCCN(CCCCCC)CCCCCC.CCCCCN(CCCCC)CCCCC.CCCCN(CCCC)CCCC.CCCN(CCC)CCC. The highest BCUT2D eigenvalue weighted by Gasteiger charge is 2.06. The van der Waals surface area contributed by atoms with E-state index in [1.54, 1.807) is 0 Å². The van der Waals surface area contributed by atoms with Crippen molar-refractivity contribution in [3.8, 4) is 0 Å². The van der Waals surface area contributed by atoms with Gasteiger partial charge in [0, 0.05) is 0 Å². The number of rotatable bonds is 51. The maximum absolute atomic E-state index is 2.74. The second-order valence-electron chi connectivity index (χ2n) is 22.0. The average Bonchev–Trinajstić information content (AvgIpc) is 3.37. The van der Waals surface area contributed by atoms with Crippen molar-refractivity contribution in [2.45, 2.75) is 334 Å². The minimum atomic E-state index is 1.26. The van der Waals surface area contributed by atoms with Crippen LogP contribution in [-0.2, 0) is 0 Å². The van der Waals surface area contributed by atoms with Gasteiger partial charge in [-0.15, -0.1) is 0 Å². The van der Waals surface area contributed by atoms with Crippen LogP contribution in [0.4, 0.5) is 0 Å². The lowest BCUT2D eigenvalue weighted by Gasteiger charge is -2.22. The summed E-state index contributed by atoms with van der Waals surface area (Å²) in [5, 5.41) is 0. The maximum Gasteiger partial charge on any atom is -0.00187 e. The van der Waals surface area contributed by atoms with E-state index < -0.39 is 0 Å². The standard InChI is InChI=1S/C18H39N.C15H33N.2C12H27N.C9H21N/c1-4-7-10-13-16-19(17-14-11-8-5-2)18-15-12-9-6-3;1-4-7-10-13-16(14-11-8-5-2)15-12-9-6-3;1-4-5-6-7-8-9-10-11-12-13(2)3;1-4-7-10-13(11-8-5-2)12-9-6-3;1-4-7-10(8-5-2)9-6-3/h4-18H2,1-3H3;4-15H2,1-3H3;2*4-12H2,1-3H3;4-9H2,1-3H3. The predicted octanol–water partition coefficient (Wildman–Crippen LogP) is 20.8. The lowest BCUT2D eigenvalue weighted by Crippen LogP contribution is -2.27. The zero-order chi connectivity index (χ0) is 53.9. The Hall–Kier alpha value is -0.200. The van der Waals surface area contributed by atoms with E-state index in [1.165, 1.54) is 329 Å². The van der Waals surface area contributed by atoms with E-state index in [0.29, 0.717) is 0 Å². The molecule has 0 saturated heterocycles. The van der Waals surface area contributed by atoms with E-state index >= 15 is 0 Å². The molecule has 0 saturated carbocycles. The summed E-state index contributed by atoms with van der Waals surface area (Å²) in [4.78, 5) is 12.9. The molecule has 5 nitrogen and oxygen atoms in total. The summed E-state index contributed by atoms with van der Waals surface area (Å²) in [6.07, 6.45) is 52.6. The van der Waals surface area contributed by atoms with Crippen LogP contribution in [-0.4, -0.2) is 124 Å². The van der Waals surface area contributed by atoms with Gasteiger partial charge in [-0.3, -0.25) is 0 Å². The van der Waals surface area contributed by atoms with Gasteiger partial charge in [-0.2, -0.15) is 0 Å². The molecule has 0 atom stereocenters. The molecule has 0 amide bonds. The van der Waals surface area contributed by atoms with Crippen LogP contribution in [0.5, 0.6) is 0 Å². The molecule has 0 bridgehead atoms. The van der Waals surface area contributed by atoms with Crippen LogP contribution in [0.1, 0.15) is 334 Å². The minimum Gasteiger partial charge on any atom is -0.309 e. The predicted molar refractivity (Wildman–Crippen MR) is 334 cm³/mol. The van der Waals surface area contributed by atoms with Gasteiger partial charge in [0.1, 0.15) is 0 Å². The summed E-state index contributed by atoms with van der Waals surface area (Å²) in [5.74, 6) is 0. The fraction of sp³-hybridized carbons (Fsp3) is 1.00. The first kappa shape index (κ1) is 79.7. The van der Waals surface area contributed by atoms with Crippen LogP contribution in [0.15, 0.2) is 0 Å². The molecular formula is C66H147N5. The molecule has 0 heterocycles. The van der Waals surface area contributed by atoms with Gasteiger partial charge in [-0.25, -0.2) is 0 Å². The summed E-state index contributed by atoms with van der Waals surface area (Å²) in [5.41, 5.74) is 0. The molecule has 0 aromatic heterocycles. The van der Waals surface area contributed by atoms with Crippen molar-refractivity contribution in [1.82, 2.24) is 24.5 Å². The van der Waals surface area contributed by atoms with E-state index in [2.05, 4.69) is 129 Å². The second-order valence-corrected chi connectivity index (χ2v) is 22.0. The Labute approximate surface area is 455 Å². The van der Waals surface area contributed by atoms with Crippen molar-refractivity contribution in [1.29, 1.82) is 0 Å². The van der Waals surface area contributed by atoms with Gasteiger partial charge in [-0.05, 0) is 183 Å². The molecule has 436 valence electrons. The van der Waals surface area contributed by atoms with Crippen LogP contribution in [0.25, 0.3) is 0 Å². The average molecular weight is 1010 g/mol. The van der Waals surface area contributed by atoms with Crippen LogP contribution in [0.2, 0.25) is 0 Å². The number of hydrogen-bond acceptors (Lipinski definition) is 5. The minimum absolute atomic E-state index is 1.26. The molecule has 0 radical (unpaired) electrons. The van der Waals surface area contributed by atoms with Gasteiger partial charge >= 0.3 is 0 Å². The lowest BCUT2D eigenvalue weighted by molar-refractivity contribution is 0.255. The van der Waals surface area contributed by atoms with Crippen LogP contribution in [0, 0.1) is 0 Å². The first-order chi connectivity index (χ1) is 34.7. The van der Waals surface area contributed by atoms with Crippen molar-refractivity contribution in [2.75, 3.05) is 99.2 Å². The third-order valence-electron chi connectivity index (χ3n) is 13.8. The van der Waals surface area contributed by atoms with Crippen molar-refractivity contribution in [3.05, 3.63) is 0 Å². The molecule has 0 rings (SSSR count). The van der Waals surface area contributed by atoms with Crippen LogP contribution in [0.3, 0.4) is 0 Å². The van der Waals surface area contributed by atoms with Crippen molar-refractivity contribution >= 4 is 0 Å². The summed E-state index contributed by atoms with van der Waals surface area (Å²) >= 11 is 0. The molecule has 0 aliphatic rings. The van der Waals surface area contributed by atoms with E-state index in [4.69, 9.17) is 0 Å². The van der Waals surface area contributed by atoms with Gasteiger partial charge in [0.05, 0.1) is 0 Å². The van der Waals surface area contributed by atoms with E-state index in [1.807, 2.05) is 0 Å². The quantitative estimate of drug-likeness (QED) is 0.0563. The van der Waals surface area contributed by atoms with Gasteiger partial charge in [0.15, 0.2) is 0 Å². The molecule has 0 aromatic carbocycles. The van der Waals surface area contributed by atoms with Gasteiger partial charge in [-0.1, -0.05) is 251 Å².